The molecule has 0 aliphatic rings. The maximum absolute atomic E-state index is 4.53. The largest absolute Gasteiger partial charge is 0.344 e. The first-order valence-electron chi connectivity index (χ1n) is 7.00. The highest BCUT2D eigenvalue weighted by Gasteiger charge is 2.11. The minimum Gasteiger partial charge on any atom is -0.344 e. The molecule has 21 heavy (non-hydrogen) atoms. The average molecular weight is 270 g/mol. The molecule has 4 aromatic rings. The van der Waals surface area contributed by atoms with Crippen LogP contribution in [0.5, 0.6) is 0 Å². The molecule has 1 aromatic heterocycles. The highest BCUT2D eigenvalue weighted by atomic mass is 14.9. The third-order valence-electron chi connectivity index (χ3n) is 3.75. The Kier molecular flexibility index (Phi) is 2.79. The van der Waals surface area contributed by atoms with Gasteiger partial charge in [0.05, 0.1) is 17.4 Å². The first-order valence-corrected chi connectivity index (χ1v) is 7.00. The van der Waals surface area contributed by atoms with E-state index in [0.717, 1.165) is 16.6 Å². The van der Waals surface area contributed by atoms with Crippen LogP contribution in [0.3, 0.4) is 0 Å². The Balaban J connectivity index is 1.97. The third-order valence-corrected chi connectivity index (χ3v) is 3.75. The van der Waals surface area contributed by atoms with Crippen LogP contribution in [0.15, 0.2) is 79.1 Å². The van der Waals surface area contributed by atoms with Crippen molar-refractivity contribution in [2.24, 2.45) is 0 Å². The molecule has 100 valence electrons. The van der Waals surface area contributed by atoms with Gasteiger partial charge in [-0.05, 0) is 11.1 Å². The van der Waals surface area contributed by atoms with Crippen LogP contribution in [0.2, 0.25) is 0 Å². The van der Waals surface area contributed by atoms with E-state index in [2.05, 4.69) is 70.6 Å². The Morgan fingerprint density at radius 2 is 1.19 bits per heavy atom. The molecule has 0 aliphatic heterocycles. The topological polar surface area (TPSA) is 28.7 Å². The number of fused-ring (bicyclic) bond motifs is 1. The quantitative estimate of drug-likeness (QED) is 0.551. The smallest absolute Gasteiger partial charge is 0.0967 e. The Morgan fingerprint density at radius 1 is 0.619 bits per heavy atom. The van der Waals surface area contributed by atoms with Crippen LogP contribution < -0.4 is 0 Å². The molecule has 0 spiro atoms. The Morgan fingerprint density at radius 3 is 1.86 bits per heavy atom. The van der Waals surface area contributed by atoms with Gasteiger partial charge in [-0.3, -0.25) is 0 Å². The SMILES string of the molecule is c1ccc(-c2ccc(-c3ccccc3)c3[nH]cnc23)cc1. The van der Waals surface area contributed by atoms with E-state index in [1.165, 1.54) is 16.7 Å². The van der Waals surface area contributed by atoms with Gasteiger partial charge in [-0.1, -0.05) is 72.8 Å². The van der Waals surface area contributed by atoms with Gasteiger partial charge < -0.3 is 4.98 Å². The summed E-state index contributed by atoms with van der Waals surface area (Å²) in [6.07, 6.45) is 1.77. The number of imidazole rings is 1. The first-order chi connectivity index (χ1) is 10.4. The number of H-pyrrole nitrogens is 1. The molecule has 0 saturated heterocycles. The fraction of sp³-hybridized carbons (Fsp3) is 0. The van der Waals surface area contributed by atoms with E-state index in [-0.39, 0.29) is 0 Å². The summed E-state index contributed by atoms with van der Waals surface area (Å²) >= 11 is 0. The number of rotatable bonds is 2. The lowest BCUT2D eigenvalue weighted by molar-refractivity contribution is 1.34. The van der Waals surface area contributed by atoms with Crippen molar-refractivity contribution in [1.82, 2.24) is 9.97 Å². The number of hydrogen-bond donors (Lipinski definition) is 1. The monoisotopic (exact) mass is 270 g/mol. The molecule has 0 unspecified atom stereocenters. The van der Waals surface area contributed by atoms with Crippen molar-refractivity contribution in [1.29, 1.82) is 0 Å². The van der Waals surface area contributed by atoms with Gasteiger partial charge in [0.15, 0.2) is 0 Å². The lowest BCUT2D eigenvalue weighted by Gasteiger charge is -2.07. The van der Waals surface area contributed by atoms with E-state index in [9.17, 15) is 0 Å². The van der Waals surface area contributed by atoms with Crippen molar-refractivity contribution in [3.63, 3.8) is 0 Å². The summed E-state index contributed by atoms with van der Waals surface area (Å²) in [5, 5.41) is 0. The molecule has 0 bridgehead atoms. The first kappa shape index (κ1) is 11.9. The molecule has 1 N–H and O–H groups in total. The van der Waals surface area contributed by atoms with Gasteiger partial charge in [-0.2, -0.15) is 0 Å². The molecule has 0 atom stereocenters. The lowest BCUT2D eigenvalue weighted by Crippen LogP contribution is -1.85. The van der Waals surface area contributed by atoms with E-state index < -0.39 is 0 Å². The van der Waals surface area contributed by atoms with Gasteiger partial charge in [0.1, 0.15) is 0 Å². The Bertz CT molecular complexity index is 804. The van der Waals surface area contributed by atoms with E-state index >= 15 is 0 Å². The van der Waals surface area contributed by atoms with Crippen molar-refractivity contribution < 1.29 is 0 Å². The van der Waals surface area contributed by atoms with Crippen LogP contribution in [-0.4, -0.2) is 9.97 Å². The fourth-order valence-electron chi connectivity index (χ4n) is 2.74. The number of benzene rings is 3. The second kappa shape index (κ2) is 4.91. The van der Waals surface area contributed by atoms with E-state index in [1.807, 2.05) is 12.1 Å². The minimum atomic E-state index is 1.02. The molecule has 2 nitrogen and oxygen atoms in total. The number of aromatic amines is 1. The number of aromatic nitrogens is 2. The summed E-state index contributed by atoms with van der Waals surface area (Å²) in [6.45, 7) is 0. The van der Waals surface area contributed by atoms with Crippen LogP contribution in [-0.2, 0) is 0 Å². The average Bonchev–Trinajstić information content (AvgIpc) is 3.05. The maximum atomic E-state index is 4.53. The molecule has 0 aliphatic carbocycles. The van der Waals surface area contributed by atoms with E-state index in [4.69, 9.17) is 0 Å². The molecule has 0 amide bonds. The van der Waals surface area contributed by atoms with Crippen LogP contribution in [0.4, 0.5) is 0 Å². The summed E-state index contributed by atoms with van der Waals surface area (Å²) in [5.74, 6) is 0. The lowest BCUT2D eigenvalue weighted by atomic mass is 9.98. The second-order valence-electron chi connectivity index (χ2n) is 5.02. The molecular weight excluding hydrogens is 256 g/mol. The molecule has 4 rings (SSSR count). The maximum Gasteiger partial charge on any atom is 0.0967 e. The van der Waals surface area contributed by atoms with Gasteiger partial charge in [0, 0.05) is 11.1 Å². The van der Waals surface area contributed by atoms with Crippen molar-refractivity contribution in [3.05, 3.63) is 79.1 Å². The van der Waals surface area contributed by atoms with Gasteiger partial charge in [-0.15, -0.1) is 0 Å². The van der Waals surface area contributed by atoms with Crippen LogP contribution in [0.1, 0.15) is 0 Å². The predicted molar refractivity (Wildman–Crippen MR) is 87.0 cm³/mol. The van der Waals surface area contributed by atoms with Crippen molar-refractivity contribution in [2.45, 2.75) is 0 Å². The van der Waals surface area contributed by atoms with E-state index in [0.29, 0.717) is 0 Å². The number of nitrogens with one attached hydrogen (secondary N) is 1. The predicted octanol–water partition coefficient (Wildman–Crippen LogP) is 4.90. The zero-order valence-corrected chi connectivity index (χ0v) is 11.5. The van der Waals surface area contributed by atoms with Crippen molar-refractivity contribution >= 4 is 11.0 Å². The van der Waals surface area contributed by atoms with Gasteiger partial charge in [-0.25, -0.2) is 4.98 Å². The minimum absolute atomic E-state index is 1.02. The second-order valence-corrected chi connectivity index (χ2v) is 5.02. The number of nitrogens with zero attached hydrogens (tertiary/aromatic N) is 1. The standard InChI is InChI=1S/C19H14N2/c1-3-7-14(8-4-1)16-11-12-17(15-9-5-2-6-10-15)19-18(16)20-13-21-19/h1-13H,(H,20,21). The molecule has 0 radical (unpaired) electrons. The normalized spacial score (nSPS) is 10.9. The van der Waals surface area contributed by atoms with E-state index in [1.54, 1.807) is 6.33 Å². The highest BCUT2D eigenvalue weighted by molar-refractivity contribution is 6.00. The Labute approximate surface area is 123 Å². The van der Waals surface area contributed by atoms with Gasteiger partial charge in [0.25, 0.3) is 0 Å². The van der Waals surface area contributed by atoms with Gasteiger partial charge >= 0.3 is 0 Å². The molecule has 3 aromatic carbocycles. The van der Waals surface area contributed by atoms with Crippen LogP contribution in [0, 0.1) is 0 Å². The molecule has 1 heterocycles. The highest BCUT2D eigenvalue weighted by Crippen LogP contribution is 2.33. The van der Waals surface area contributed by atoms with Crippen LogP contribution in [0.25, 0.3) is 33.3 Å². The molecule has 0 fully saturated rings. The van der Waals surface area contributed by atoms with Crippen molar-refractivity contribution in [2.75, 3.05) is 0 Å². The summed E-state index contributed by atoms with van der Waals surface area (Å²) in [5.41, 5.74) is 6.83. The van der Waals surface area contributed by atoms with Gasteiger partial charge in [0.2, 0.25) is 0 Å². The molecule has 0 saturated carbocycles. The fourth-order valence-corrected chi connectivity index (χ4v) is 2.74. The zero-order chi connectivity index (χ0) is 14.1. The molecule has 2 heteroatoms. The summed E-state index contributed by atoms with van der Waals surface area (Å²) in [4.78, 5) is 7.81. The zero-order valence-electron chi connectivity index (χ0n) is 11.5. The van der Waals surface area contributed by atoms with Crippen LogP contribution >= 0.6 is 0 Å². The Hall–Kier alpha value is -2.87. The number of hydrogen-bond acceptors (Lipinski definition) is 1. The summed E-state index contributed by atoms with van der Waals surface area (Å²) in [6, 6.07) is 25.1. The third kappa shape index (κ3) is 2.01. The summed E-state index contributed by atoms with van der Waals surface area (Å²) < 4.78 is 0. The summed E-state index contributed by atoms with van der Waals surface area (Å²) in [7, 11) is 0. The van der Waals surface area contributed by atoms with Crippen molar-refractivity contribution in [3.8, 4) is 22.3 Å². The molecular formula is C19H14N2.